The van der Waals surface area contributed by atoms with Gasteiger partial charge < -0.3 is 11.3 Å². The van der Waals surface area contributed by atoms with E-state index in [0.717, 1.165) is 18.8 Å². The number of hydrogen-bond donors (Lipinski definition) is 2. The van der Waals surface area contributed by atoms with Crippen molar-refractivity contribution in [3.05, 3.63) is 0 Å². The lowest BCUT2D eigenvalue weighted by Gasteiger charge is -2.21. The highest BCUT2D eigenvalue weighted by molar-refractivity contribution is 4.67. The molecule has 1 saturated carbocycles. The first-order valence-electron chi connectivity index (χ1n) is 3.47. The Morgan fingerprint density at radius 1 is 1.33 bits per heavy atom. The van der Waals surface area contributed by atoms with Crippen LogP contribution in [0, 0.1) is 5.92 Å². The lowest BCUT2D eigenvalue weighted by atomic mass is 9.89. The summed E-state index contributed by atoms with van der Waals surface area (Å²) in [5.74, 6) is 0.763. The van der Waals surface area contributed by atoms with E-state index in [2.05, 4.69) is 6.92 Å². The molecule has 9 heavy (non-hydrogen) atoms. The predicted octanol–water partition coefficient (Wildman–Crippen LogP) is 1.72. The van der Waals surface area contributed by atoms with Gasteiger partial charge in [0.1, 0.15) is 0 Å². The number of rotatable bonds is 0. The predicted molar refractivity (Wildman–Crippen MR) is 38.7 cm³/mol. The molecule has 0 bridgehead atoms. The molecule has 0 aromatic heterocycles. The van der Waals surface area contributed by atoms with Crippen molar-refractivity contribution < 1.29 is 5.11 Å². The van der Waals surface area contributed by atoms with Crippen LogP contribution in [0.25, 0.3) is 0 Å². The van der Waals surface area contributed by atoms with E-state index >= 15 is 0 Å². The van der Waals surface area contributed by atoms with Gasteiger partial charge in [-0.25, -0.2) is 0 Å². The third kappa shape index (κ3) is 2.82. The average molecular weight is 131 g/mol. The Labute approximate surface area is 56.9 Å². The van der Waals surface area contributed by atoms with E-state index in [1.807, 2.05) is 0 Å². The first-order valence-corrected chi connectivity index (χ1v) is 3.47. The molecular weight excluding hydrogens is 114 g/mol. The normalized spacial score (nSPS) is 35.3. The van der Waals surface area contributed by atoms with E-state index < -0.39 is 0 Å². The minimum atomic E-state index is 0. The maximum absolute atomic E-state index is 9.08. The van der Waals surface area contributed by atoms with Crippen molar-refractivity contribution in [3.63, 3.8) is 0 Å². The number of hydrogen-bond acceptors (Lipinski definition) is 2. The van der Waals surface area contributed by atoms with Crippen molar-refractivity contribution >= 4 is 0 Å². The summed E-state index contributed by atoms with van der Waals surface area (Å²) in [5, 5.41) is 9.08. The highest BCUT2D eigenvalue weighted by Crippen LogP contribution is 2.22. The van der Waals surface area contributed by atoms with Crippen LogP contribution in [0.5, 0.6) is 0 Å². The van der Waals surface area contributed by atoms with Crippen molar-refractivity contribution in [1.29, 1.82) is 0 Å². The van der Waals surface area contributed by atoms with Crippen LogP contribution in [0.3, 0.4) is 0 Å². The monoisotopic (exact) mass is 131 g/mol. The van der Waals surface area contributed by atoms with Gasteiger partial charge in [0.15, 0.2) is 0 Å². The van der Waals surface area contributed by atoms with E-state index in [4.69, 9.17) is 5.11 Å². The standard InChI is InChI=1S/C7H14O.H3N/c1-6-3-2-4-7(8)5-6;/h6-8H,2-5H2,1H3;1H3. The minimum absolute atomic E-state index is 0. The van der Waals surface area contributed by atoms with Crippen LogP contribution in [0.4, 0.5) is 0 Å². The molecule has 2 heteroatoms. The fourth-order valence-electron chi connectivity index (χ4n) is 1.40. The molecule has 0 heterocycles. The fraction of sp³-hybridized carbons (Fsp3) is 1.00. The molecule has 2 unspecified atom stereocenters. The highest BCUT2D eigenvalue weighted by Gasteiger charge is 2.15. The number of aliphatic hydroxyl groups excluding tert-OH is 1. The SMILES string of the molecule is CC1CCCC(O)C1.N. The minimum Gasteiger partial charge on any atom is -0.393 e. The molecule has 2 nitrogen and oxygen atoms in total. The summed E-state index contributed by atoms with van der Waals surface area (Å²) in [7, 11) is 0. The second-order valence-electron chi connectivity index (χ2n) is 2.93. The topological polar surface area (TPSA) is 55.2 Å². The Morgan fingerprint density at radius 3 is 2.33 bits per heavy atom. The second kappa shape index (κ2) is 3.85. The molecule has 1 aliphatic carbocycles. The van der Waals surface area contributed by atoms with Gasteiger partial charge in [0, 0.05) is 0 Å². The Kier molecular flexibility index (Phi) is 3.82. The van der Waals surface area contributed by atoms with E-state index in [0.29, 0.717) is 0 Å². The Bertz CT molecular complexity index is 67.3. The summed E-state index contributed by atoms with van der Waals surface area (Å²) in [6.45, 7) is 2.21. The van der Waals surface area contributed by atoms with Gasteiger partial charge in [0.25, 0.3) is 0 Å². The zero-order valence-corrected chi connectivity index (χ0v) is 6.14. The third-order valence-corrected chi connectivity index (χ3v) is 1.91. The van der Waals surface area contributed by atoms with E-state index in [1.54, 1.807) is 0 Å². The van der Waals surface area contributed by atoms with Crippen LogP contribution in [-0.4, -0.2) is 11.2 Å². The lowest BCUT2D eigenvalue weighted by Crippen LogP contribution is -2.16. The molecule has 0 amide bonds. The molecule has 1 aliphatic rings. The summed E-state index contributed by atoms with van der Waals surface area (Å²) in [5.41, 5.74) is 0. The van der Waals surface area contributed by atoms with Crippen molar-refractivity contribution in [1.82, 2.24) is 6.15 Å². The summed E-state index contributed by atoms with van der Waals surface area (Å²) in [6.07, 6.45) is 4.61. The van der Waals surface area contributed by atoms with Gasteiger partial charge in [-0.1, -0.05) is 19.8 Å². The van der Waals surface area contributed by atoms with Gasteiger partial charge in [0.2, 0.25) is 0 Å². The van der Waals surface area contributed by atoms with Crippen LogP contribution < -0.4 is 6.15 Å². The van der Waals surface area contributed by atoms with Crippen LogP contribution in [0.1, 0.15) is 32.6 Å². The summed E-state index contributed by atoms with van der Waals surface area (Å²) >= 11 is 0. The van der Waals surface area contributed by atoms with Crippen molar-refractivity contribution in [3.8, 4) is 0 Å². The zero-order valence-electron chi connectivity index (χ0n) is 6.14. The van der Waals surface area contributed by atoms with Crippen LogP contribution in [0.15, 0.2) is 0 Å². The Balaban J connectivity index is 0.000000640. The Hall–Kier alpha value is -0.0800. The fourth-order valence-corrected chi connectivity index (χ4v) is 1.40. The van der Waals surface area contributed by atoms with Gasteiger partial charge >= 0.3 is 0 Å². The van der Waals surface area contributed by atoms with Crippen LogP contribution in [-0.2, 0) is 0 Å². The maximum atomic E-state index is 9.08. The molecule has 4 N–H and O–H groups in total. The average Bonchev–Trinajstić information content (AvgIpc) is 1.64. The summed E-state index contributed by atoms with van der Waals surface area (Å²) in [4.78, 5) is 0. The quantitative estimate of drug-likeness (QED) is 0.526. The molecule has 0 spiro atoms. The van der Waals surface area contributed by atoms with Gasteiger partial charge in [-0.2, -0.15) is 0 Å². The first kappa shape index (κ1) is 8.92. The Morgan fingerprint density at radius 2 is 2.00 bits per heavy atom. The van der Waals surface area contributed by atoms with Crippen LogP contribution in [0.2, 0.25) is 0 Å². The molecule has 56 valence electrons. The lowest BCUT2D eigenvalue weighted by molar-refractivity contribution is 0.106. The molecule has 0 aromatic carbocycles. The molecule has 0 radical (unpaired) electrons. The largest absolute Gasteiger partial charge is 0.393 e. The smallest absolute Gasteiger partial charge is 0.0542 e. The van der Waals surface area contributed by atoms with Gasteiger partial charge in [-0.05, 0) is 18.8 Å². The van der Waals surface area contributed by atoms with E-state index in [-0.39, 0.29) is 12.3 Å². The van der Waals surface area contributed by atoms with E-state index in [9.17, 15) is 0 Å². The number of aliphatic hydroxyl groups is 1. The summed E-state index contributed by atoms with van der Waals surface area (Å²) < 4.78 is 0. The molecule has 0 saturated heterocycles. The van der Waals surface area contributed by atoms with E-state index in [1.165, 1.54) is 12.8 Å². The highest BCUT2D eigenvalue weighted by atomic mass is 16.3. The third-order valence-electron chi connectivity index (χ3n) is 1.91. The van der Waals surface area contributed by atoms with Gasteiger partial charge in [0.05, 0.1) is 6.10 Å². The summed E-state index contributed by atoms with van der Waals surface area (Å²) in [6, 6.07) is 0. The van der Waals surface area contributed by atoms with Crippen molar-refractivity contribution in [2.45, 2.75) is 38.7 Å². The van der Waals surface area contributed by atoms with Crippen LogP contribution >= 0.6 is 0 Å². The molecule has 0 aliphatic heterocycles. The van der Waals surface area contributed by atoms with Gasteiger partial charge in [-0.3, -0.25) is 0 Å². The van der Waals surface area contributed by atoms with Gasteiger partial charge in [-0.15, -0.1) is 0 Å². The molecule has 0 aromatic rings. The zero-order chi connectivity index (χ0) is 5.98. The first-order chi connectivity index (χ1) is 3.79. The molecule has 2 atom stereocenters. The maximum Gasteiger partial charge on any atom is 0.0542 e. The van der Waals surface area contributed by atoms with Crippen molar-refractivity contribution in [2.24, 2.45) is 5.92 Å². The molecule has 1 rings (SSSR count). The van der Waals surface area contributed by atoms with Crippen molar-refractivity contribution in [2.75, 3.05) is 0 Å². The molecule has 1 fully saturated rings. The second-order valence-corrected chi connectivity index (χ2v) is 2.93. The molecular formula is C7H17NO.